The number of unbranched alkanes of at least 4 members (excludes halogenated alkanes) is 2. The Morgan fingerprint density at radius 1 is 0.415 bits per heavy atom. The van der Waals surface area contributed by atoms with Crippen molar-refractivity contribution in [3.8, 4) is 0 Å². The second-order valence-corrected chi connectivity index (χ2v) is 20.4. The van der Waals surface area contributed by atoms with Gasteiger partial charge in [0.25, 0.3) is 0 Å². The first kappa shape index (κ1) is 120. The normalized spacial score (nSPS) is 11.1. The second-order valence-electron chi connectivity index (χ2n) is 20.4. The summed E-state index contributed by atoms with van der Waals surface area (Å²) < 4.78 is 0. The summed E-state index contributed by atoms with van der Waals surface area (Å²) in [5.41, 5.74) is -0.283. The van der Waals surface area contributed by atoms with Gasteiger partial charge in [-0.3, -0.25) is 0 Å². The van der Waals surface area contributed by atoms with Crippen LogP contribution >= 0.6 is 0 Å². The van der Waals surface area contributed by atoms with E-state index in [0.717, 1.165) is 66.0 Å². The molecule has 0 aliphatic heterocycles. The minimum absolute atomic E-state index is 0. The van der Waals surface area contributed by atoms with Crippen LogP contribution in [-0.4, -0.2) is 47.9 Å². The Balaban J connectivity index is -0.000000110. The van der Waals surface area contributed by atoms with Gasteiger partial charge in [0.05, 0.1) is 23.9 Å². The number of fused-ring (bicyclic) bond motifs is 3. The van der Waals surface area contributed by atoms with Crippen molar-refractivity contribution in [1.82, 2.24) is 0 Å². The van der Waals surface area contributed by atoms with E-state index in [2.05, 4.69) is 34.1 Å². The molecule has 0 aromatic heterocycles. The molecule has 0 aliphatic carbocycles. The standard InChI is InChI=1S/C12H8O4.C12H22O4.2C11H8O2.C11H21O2.C10H22.C2H6.CO2.8K/c13-11(14)9-5-7-3-1-2-4-8(7)6-10(9)12(15)16;1-4-6-9(5-2)7-10(12(15)16)8(3)11(13)14;2*12-11(13)10-6-5-8-3-1-2-4-9(8)7-10;1-4-6-7-9(3)8-10(5-2)11(12)13;1-4-7-9-10(6-3)8-5-2;1-2;2-1-3;;;;;;;;/h1-6H,(H,13,14)(H,15,16);8-10H,4-7H2,1-3H3,(H,13,14)(H,15,16);2*1-7H,(H,12,13);4,9-10H,5-8H2,1-3H3,(H,12,13);10H,4-9H2,1-3H3;1-2H3;;;;;;;;;/q;;;;-1;;;;8*+1/p-7. The van der Waals surface area contributed by atoms with Crippen LogP contribution in [0.15, 0.2) is 121 Å². The monoisotopic (exact) mass is 1500 g/mol. The van der Waals surface area contributed by atoms with E-state index in [-0.39, 0.29) is 451 Å². The molecule has 24 heteroatoms. The molecule has 94 heavy (non-hydrogen) atoms. The average Bonchev–Trinajstić information content (AvgIpc) is 0.932. The van der Waals surface area contributed by atoms with E-state index in [1.54, 1.807) is 60.7 Å². The van der Waals surface area contributed by atoms with Crippen molar-refractivity contribution < 1.29 is 490 Å². The predicted molar refractivity (Wildman–Crippen MR) is 321 cm³/mol. The van der Waals surface area contributed by atoms with Gasteiger partial charge in [-0.1, -0.05) is 231 Å². The first-order valence-electron chi connectivity index (χ1n) is 29.7. The summed E-state index contributed by atoms with van der Waals surface area (Å²) in [4.78, 5) is 91.0. The Morgan fingerprint density at radius 2 is 0.766 bits per heavy atom. The van der Waals surface area contributed by atoms with E-state index in [4.69, 9.17) is 9.59 Å². The largest absolute Gasteiger partial charge is 1.00 e. The van der Waals surface area contributed by atoms with Crippen molar-refractivity contribution in [1.29, 1.82) is 0 Å². The minimum atomic E-state index is -1.52. The van der Waals surface area contributed by atoms with Gasteiger partial charge >= 0.3 is 417 Å². The molecule has 0 fully saturated rings. The zero-order valence-corrected chi connectivity index (χ0v) is 85.0. The van der Waals surface area contributed by atoms with Crippen molar-refractivity contribution in [3.05, 3.63) is 150 Å². The Bertz CT molecular complexity index is 2870. The molecule has 16 nitrogen and oxygen atoms in total. The first-order valence-corrected chi connectivity index (χ1v) is 29.7. The maximum absolute atomic E-state index is 10.9. The molecule has 6 rings (SSSR count). The van der Waals surface area contributed by atoms with Crippen LogP contribution < -0.4 is 447 Å². The molecule has 0 N–H and O–H groups in total. The summed E-state index contributed by atoms with van der Waals surface area (Å²) in [6, 6.07) is 34.5. The van der Waals surface area contributed by atoms with Crippen LogP contribution in [0.4, 0.5) is 0 Å². The molecule has 0 saturated heterocycles. The van der Waals surface area contributed by atoms with Gasteiger partial charge < -0.3 is 75.7 Å². The van der Waals surface area contributed by atoms with E-state index < -0.39 is 53.6 Å². The van der Waals surface area contributed by atoms with Gasteiger partial charge in [0, 0.05) is 40.9 Å². The van der Waals surface area contributed by atoms with Crippen molar-refractivity contribution in [2.45, 2.75) is 166 Å². The Labute approximate surface area is 900 Å². The van der Waals surface area contributed by atoms with Gasteiger partial charge in [0.15, 0.2) is 0 Å². The molecule has 6 aromatic rings. The van der Waals surface area contributed by atoms with Gasteiger partial charge in [-0.25, -0.2) is 0 Å². The second kappa shape index (κ2) is 76.1. The number of carboxylic acids is 7. The van der Waals surface area contributed by atoms with Gasteiger partial charge in [0.2, 0.25) is 0 Å². The Kier molecular flexibility index (Phi) is 97.0. The summed E-state index contributed by atoms with van der Waals surface area (Å²) in [7, 11) is 0. The fourth-order valence-corrected chi connectivity index (χ4v) is 9.07. The summed E-state index contributed by atoms with van der Waals surface area (Å²) in [5.74, 6) is -9.25. The molecule has 472 valence electrons. The molecule has 0 saturated carbocycles. The topological polar surface area (TPSA) is 315 Å². The molecule has 0 spiro atoms. The van der Waals surface area contributed by atoms with Crippen LogP contribution in [0.2, 0.25) is 0 Å². The molecule has 0 heterocycles. The summed E-state index contributed by atoms with van der Waals surface area (Å²) in [6.07, 6.45) is 17.5. The smallest absolute Gasteiger partial charge is 0.550 e. The minimum Gasteiger partial charge on any atom is -0.550 e. The molecule has 0 bridgehead atoms. The van der Waals surface area contributed by atoms with Gasteiger partial charge in [-0.05, 0) is 111 Å². The fraction of sp³-hybridized carbons (Fsp3) is 0.443. The third-order valence-corrected chi connectivity index (χ3v) is 14.1. The number of aliphatic carboxylic acids is 3. The van der Waals surface area contributed by atoms with E-state index in [9.17, 15) is 69.3 Å². The number of hydrogen-bond acceptors (Lipinski definition) is 16. The molecule has 0 radical (unpaired) electrons. The molecule has 6 unspecified atom stereocenters. The molecule has 0 aliphatic rings. The van der Waals surface area contributed by atoms with Crippen LogP contribution in [-0.2, 0) is 24.0 Å². The number of hydrogen-bond donors (Lipinski definition) is 0. The van der Waals surface area contributed by atoms with Crippen molar-refractivity contribution in [3.63, 3.8) is 0 Å². The SMILES string of the molecule is CC.CCCC(CC)CC(C(=O)[O-])C(C)C(=O)[O-].CCCCC(CC)CCC.C[CH-]CCC(C)CC(CC)C(=O)[O-].O=C([O-])c1cc2ccccc2cc1C(=O)[O-].O=C([O-])c1ccc2ccccc2c1.O=C([O-])c1ccc2ccccc2c1.O=C=O.[K+].[K+].[K+].[K+].[K+].[K+].[K+].[K+]. The van der Waals surface area contributed by atoms with Crippen molar-refractivity contribution in [2.75, 3.05) is 0 Å². The van der Waals surface area contributed by atoms with Crippen LogP contribution in [0.5, 0.6) is 0 Å². The molecule has 6 atom stereocenters. The van der Waals surface area contributed by atoms with Crippen LogP contribution in [0.25, 0.3) is 32.3 Å². The van der Waals surface area contributed by atoms with Crippen LogP contribution in [0.3, 0.4) is 0 Å². The van der Waals surface area contributed by atoms with Gasteiger partial charge in [-0.2, -0.15) is 22.9 Å². The molecular formula is C70H88K8O16. The maximum Gasteiger partial charge on any atom is 1.00 e. The predicted octanol–water partition coefficient (Wildman–Crippen LogP) is -15.8. The number of rotatable bonds is 25. The Hall–Kier alpha value is 4.86. The average molecular weight is 1500 g/mol. The quantitative estimate of drug-likeness (QED) is 0.0380. The molecular weight excluding hydrogens is 1410 g/mol. The van der Waals surface area contributed by atoms with Crippen LogP contribution in [0.1, 0.15) is 207 Å². The number of carbonyl (C=O) groups excluding carboxylic acids is 9. The zero-order chi connectivity index (χ0) is 65.7. The van der Waals surface area contributed by atoms with Gasteiger partial charge in [0.1, 0.15) is 0 Å². The number of aromatic carboxylic acids is 4. The fourth-order valence-electron chi connectivity index (χ4n) is 9.07. The molecule has 0 amide bonds. The number of carboxylic acid groups (broad SMARTS) is 7. The maximum atomic E-state index is 10.9. The van der Waals surface area contributed by atoms with Crippen molar-refractivity contribution in [2.24, 2.45) is 35.5 Å². The number of carbonyl (C=O) groups is 7. The molecule has 6 aromatic carbocycles. The zero-order valence-electron chi connectivity index (χ0n) is 60.0. The van der Waals surface area contributed by atoms with E-state index in [0.29, 0.717) is 29.5 Å². The summed E-state index contributed by atoms with van der Waals surface area (Å²) in [6.45, 7) is 22.3. The summed E-state index contributed by atoms with van der Waals surface area (Å²) >= 11 is 0. The van der Waals surface area contributed by atoms with Gasteiger partial charge in [-0.15, -0.1) is 0 Å². The first-order chi connectivity index (χ1) is 40.9. The Morgan fingerprint density at radius 3 is 1.04 bits per heavy atom. The number of benzene rings is 6. The van der Waals surface area contributed by atoms with E-state index in [1.807, 2.05) is 90.1 Å². The van der Waals surface area contributed by atoms with E-state index >= 15 is 0 Å². The van der Waals surface area contributed by atoms with Crippen molar-refractivity contribution >= 4 is 80.3 Å². The third kappa shape index (κ3) is 54.4. The summed E-state index contributed by atoms with van der Waals surface area (Å²) in [5, 5.41) is 80.0. The van der Waals surface area contributed by atoms with Crippen LogP contribution in [0, 0.1) is 41.9 Å². The third-order valence-electron chi connectivity index (χ3n) is 14.1. The van der Waals surface area contributed by atoms with E-state index in [1.165, 1.54) is 57.6 Å².